The first-order valence-electron chi connectivity index (χ1n) is 1.39. The van der Waals surface area contributed by atoms with Gasteiger partial charge in [-0.05, 0) is 12.4 Å². The van der Waals surface area contributed by atoms with Crippen LogP contribution in [0.15, 0.2) is 6.58 Å². The Bertz CT molecular complexity index is 78.2. The van der Waals surface area contributed by atoms with Crippen LogP contribution in [0.1, 0.15) is 0 Å². The average molecular weight is 101 g/mol. The van der Waals surface area contributed by atoms with Gasteiger partial charge in [-0.1, -0.05) is 0 Å². The minimum atomic E-state index is -0.833. The van der Waals surface area contributed by atoms with Gasteiger partial charge in [0.05, 0.1) is 0 Å². The molecule has 0 aromatic heterocycles. The minimum Gasteiger partial charge on any atom is -0.352 e. The Kier molecular flexibility index (Phi) is 11.6. The van der Waals surface area contributed by atoms with Crippen LogP contribution < -0.4 is 11.5 Å². The van der Waals surface area contributed by atoms with Crippen LogP contribution in [0, 0.1) is 5.41 Å². The van der Waals surface area contributed by atoms with Crippen molar-refractivity contribution in [1.29, 1.82) is 5.41 Å². The van der Waals surface area contributed by atoms with Crippen molar-refractivity contribution in [3.63, 3.8) is 0 Å². The van der Waals surface area contributed by atoms with Crippen molar-refractivity contribution in [2.75, 3.05) is 0 Å². The van der Waals surface area contributed by atoms with Crippen molar-refractivity contribution < 1.29 is 4.79 Å². The normalized spacial score (nSPS) is 4.57. The molecule has 0 aliphatic heterocycles. The average Bonchev–Trinajstić information content (AvgIpc) is 1.33. The number of urea groups is 1. The summed E-state index contributed by atoms with van der Waals surface area (Å²) in [6.07, 6.45) is 0. The Hall–Kier alpha value is -1.28. The number of nitrogens with two attached hydrogens (primary N) is 2. The molecule has 40 valence electrons. The first-order chi connectivity index (χ1) is 3.15. The molecule has 0 heterocycles. The van der Waals surface area contributed by atoms with Gasteiger partial charge in [0, 0.05) is 0 Å². The van der Waals surface area contributed by atoms with Crippen molar-refractivity contribution in [1.82, 2.24) is 0 Å². The highest BCUT2D eigenvalue weighted by atomic mass is 16.2. The van der Waals surface area contributed by atoms with E-state index in [9.17, 15) is 0 Å². The maximum absolute atomic E-state index is 9.00. The maximum Gasteiger partial charge on any atom is 0.309 e. The third-order valence-corrected chi connectivity index (χ3v) is 0. The van der Waals surface area contributed by atoms with Crippen molar-refractivity contribution in [3.8, 4) is 0 Å². The summed E-state index contributed by atoms with van der Waals surface area (Å²) in [4.78, 5) is 9.00. The Labute approximate surface area is 41.3 Å². The van der Waals surface area contributed by atoms with E-state index in [1.165, 1.54) is 0 Å². The molecule has 0 spiro atoms. The lowest BCUT2D eigenvalue weighted by molar-refractivity contribution is 0.256. The van der Waals surface area contributed by atoms with E-state index in [-0.39, 0.29) is 0 Å². The summed E-state index contributed by atoms with van der Waals surface area (Å²) in [7, 11) is 0. The topological polar surface area (TPSA) is 93.0 Å². The number of carbonyl (C=O) groups excluding carboxylic acids is 1. The van der Waals surface area contributed by atoms with Gasteiger partial charge >= 0.3 is 6.03 Å². The van der Waals surface area contributed by atoms with Gasteiger partial charge in [-0.3, -0.25) is 5.41 Å². The van der Waals surface area contributed by atoms with Crippen molar-refractivity contribution in [2.24, 2.45) is 11.5 Å². The van der Waals surface area contributed by atoms with Crippen LogP contribution in [-0.2, 0) is 0 Å². The summed E-state index contributed by atoms with van der Waals surface area (Å²) < 4.78 is 0. The van der Waals surface area contributed by atoms with E-state index in [0.29, 0.717) is 0 Å². The molecule has 0 fully saturated rings. The number of nitrogens with one attached hydrogen (secondary N) is 1. The molecule has 0 aromatic rings. The molecule has 4 heteroatoms. The molecule has 0 aliphatic carbocycles. The second kappa shape index (κ2) is 8.83. The Balaban J connectivity index is 0. The van der Waals surface area contributed by atoms with Crippen LogP contribution in [0.5, 0.6) is 0 Å². The van der Waals surface area contributed by atoms with Gasteiger partial charge in [-0.15, -0.1) is 0 Å². The molecular formula is C3H7N3O. The van der Waals surface area contributed by atoms with Crippen LogP contribution in [-0.4, -0.2) is 11.9 Å². The molecule has 0 rings (SSSR count). The summed E-state index contributed by atoms with van der Waals surface area (Å²) >= 11 is 0. The van der Waals surface area contributed by atoms with Gasteiger partial charge in [0.25, 0.3) is 0 Å². The summed E-state index contributed by atoms with van der Waals surface area (Å²) in [5.41, 5.74) is 8.50. The van der Waals surface area contributed by atoms with Gasteiger partial charge in [-0.2, -0.15) is 0 Å². The molecule has 0 aromatic carbocycles. The minimum absolute atomic E-state index is 0.833. The third-order valence-electron chi connectivity index (χ3n) is 0. The summed E-state index contributed by atoms with van der Waals surface area (Å²) in [6, 6.07) is -0.833. The fourth-order valence-corrected chi connectivity index (χ4v) is 0. The third kappa shape index (κ3) is 21.3. The molecule has 0 atom stereocenters. The summed E-state index contributed by atoms with van der Waals surface area (Å²) in [5, 5.41) is 5.85. The number of carbonyl (C=O) groups is 1. The lowest BCUT2D eigenvalue weighted by Crippen LogP contribution is -2.18. The van der Waals surface area contributed by atoms with E-state index < -0.39 is 6.03 Å². The van der Waals surface area contributed by atoms with Crippen LogP contribution in [0.25, 0.3) is 0 Å². The number of primary amides is 2. The fraction of sp³-hybridized carbons (Fsp3) is 0. The molecule has 0 unspecified atom stereocenters. The zero-order chi connectivity index (χ0) is 6.28. The lowest BCUT2D eigenvalue weighted by atomic mass is 11.2. The van der Waals surface area contributed by atoms with Gasteiger partial charge < -0.3 is 11.5 Å². The highest BCUT2D eigenvalue weighted by molar-refractivity contribution is 5.69. The lowest BCUT2D eigenvalue weighted by Gasteiger charge is -1.62. The second-order valence-corrected chi connectivity index (χ2v) is 0.579. The van der Waals surface area contributed by atoms with Gasteiger partial charge in [0.15, 0.2) is 0 Å². The molecule has 0 bridgehead atoms. The number of amides is 2. The van der Waals surface area contributed by atoms with Gasteiger partial charge in [-0.25, -0.2) is 4.79 Å². The predicted octanol–water partition coefficient (Wildman–Crippen LogP) is -0.555. The van der Waals surface area contributed by atoms with E-state index in [0.717, 1.165) is 0 Å². The van der Waals surface area contributed by atoms with Crippen LogP contribution in [0.2, 0.25) is 0 Å². The molecule has 5 N–H and O–H groups in total. The standard InChI is InChI=1S/C2H3N.CH4N2O/c1-2-3;2-1(3)4/h3H,1H2;(H4,2,3,4). The zero-order valence-electron chi connectivity index (χ0n) is 3.77. The van der Waals surface area contributed by atoms with Gasteiger partial charge in [0.2, 0.25) is 0 Å². The van der Waals surface area contributed by atoms with E-state index in [1.807, 2.05) is 0 Å². The Morgan fingerprint density at radius 3 is 1.71 bits per heavy atom. The first kappa shape index (κ1) is 9.21. The molecule has 0 aliphatic rings. The van der Waals surface area contributed by atoms with E-state index in [2.05, 4.69) is 18.0 Å². The quantitative estimate of drug-likeness (QED) is 0.351. The number of hydrogen-bond donors (Lipinski definition) is 3. The smallest absolute Gasteiger partial charge is 0.309 e. The number of rotatable bonds is 0. The van der Waals surface area contributed by atoms with E-state index in [4.69, 9.17) is 10.2 Å². The zero-order valence-corrected chi connectivity index (χ0v) is 3.77. The molecule has 0 radical (unpaired) electrons. The Morgan fingerprint density at radius 2 is 1.71 bits per heavy atom. The van der Waals surface area contributed by atoms with Crippen molar-refractivity contribution >= 4 is 11.9 Å². The van der Waals surface area contributed by atoms with Crippen LogP contribution in [0.4, 0.5) is 4.79 Å². The number of hydrogen-bond acceptors (Lipinski definition) is 2. The fourth-order valence-electron chi connectivity index (χ4n) is 0. The molecule has 0 saturated carbocycles. The highest BCUT2D eigenvalue weighted by Crippen LogP contribution is 1.25. The molecule has 0 saturated heterocycles. The van der Waals surface area contributed by atoms with Crippen LogP contribution in [0.3, 0.4) is 0 Å². The molecule has 7 heavy (non-hydrogen) atoms. The first-order valence-corrected chi connectivity index (χ1v) is 1.39. The largest absolute Gasteiger partial charge is 0.352 e. The predicted molar refractivity (Wildman–Crippen MR) is 27.1 cm³/mol. The van der Waals surface area contributed by atoms with Crippen LogP contribution >= 0.6 is 0 Å². The van der Waals surface area contributed by atoms with Crippen molar-refractivity contribution in [3.05, 3.63) is 6.58 Å². The highest BCUT2D eigenvalue weighted by Gasteiger charge is 1.60. The van der Waals surface area contributed by atoms with Crippen molar-refractivity contribution in [2.45, 2.75) is 0 Å². The monoisotopic (exact) mass is 101 g/mol. The molecular weight excluding hydrogens is 94.1 g/mol. The molecule has 4 nitrogen and oxygen atoms in total. The van der Waals surface area contributed by atoms with Gasteiger partial charge in [0.1, 0.15) is 0 Å². The van der Waals surface area contributed by atoms with E-state index in [1.54, 1.807) is 5.87 Å². The SMILES string of the molecule is C=C=N.NC(N)=O. The molecule has 2 amide bonds. The summed E-state index contributed by atoms with van der Waals surface area (Å²) in [6.45, 7) is 2.90. The Morgan fingerprint density at radius 1 is 1.71 bits per heavy atom. The maximum atomic E-state index is 9.00. The summed E-state index contributed by atoms with van der Waals surface area (Å²) in [5.74, 6) is 1.75. The van der Waals surface area contributed by atoms with E-state index >= 15 is 0 Å². The second-order valence-electron chi connectivity index (χ2n) is 0.579.